The van der Waals surface area contributed by atoms with E-state index in [1.807, 2.05) is 0 Å². The van der Waals surface area contributed by atoms with Crippen molar-refractivity contribution < 1.29 is 22.7 Å². The van der Waals surface area contributed by atoms with Gasteiger partial charge in [0.1, 0.15) is 0 Å². The van der Waals surface area contributed by atoms with Gasteiger partial charge in [-0.15, -0.1) is 0 Å². The van der Waals surface area contributed by atoms with Gasteiger partial charge in [-0.3, -0.25) is 4.79 Å². The van der Waals surface area contributed by atoms with Gasteiger partial charge in [0, 0.05) is 12.8 Å². The van der Waals surface area contributed by atoms with Crippen LogP contribution in [0.5, 0.6) is 0 Å². The van der Waals surface area contributed by atoms with Crippen molar-refractivity contribution in [1.29, 1.82) is 0 Å². The summed E-state index contributed by atoms with van der Waals surface area (Å²) < 4.78 is 41.8. The first-order valence-electron chi connectivity index (χ1n) is 4.03. The maximum atomic E-state index is 12.5. The van der Waals surface area contributed by atoms with Crippen LogP contribution < -0.4 is 0 Å². The van der Waals surface area contributed by atoms with Gasteiger partial charge in [0.05, 0.1) is 0 Å². The molecule has 0 spiro atoms. The summed E-state index contributed by atoms with van der Waals surface area (Å²) >= 11 is 0. The summed E-state index contributed by atoms with van der Waals surface area (Å²) in [7, 11) is 0. The average Bonchev–Trinajstić information content (AvgIpc) is 2.62. The predicted molar refractivity (Wildman–Crippen MR) is 39.0 cm³/mol. The van der Waals surface area contributed by atoms with Crippen LogP contribution in [-0.4, -0.2) is 17.7 Å². The minimum absolute atomic E-state index is 0.475. The molecule has 0 heterocycles. The van der Waals surface area contributed by atoms with E-state index in [9.17, 15) is 18.0 Å². The van der Waals surface area contributed by atoms with Crippen molar-refractivity contribution in [3.63, 3.8) is 0 Å². The molecule has 1 aliphatic carbocycles. The van der Waals surface area contributed by atoms with Crippen LogP contribution in [0.1, 0.15) is 26.7 Å². The topological polar surface area (TPSA) is 26.3 Å². The van der Waals surface area contributed by atoms with Crippen LogP contribution in [-0.2, 0) is 9.53 Å². The third-order valence-corrected chi connectivity index (χ3v) is 2.28. The maximum absolute atomic E-state index is 12.5. The Hall–Kier alpha value is -0.740. The minimum Gasteiger partial charge on any atom is -0.450 e. The molecule has 0 N–H and O–H groups in total. The standard InChI is InChI=1S/C8H11F3O2/c1-5(12)13-7(2,6-3-4-6)8(9,10)11/h6H,3-4H2,1-2H3. The Kier molecular flexibility index (Phi) is 2.30. The monoisotopic (exact) mass is 196 g/mol. The molecule has 0 aliphatic heterocycles. The lowest BCUT2D eigenvalue weighted by atomic mass is 10.00. The highest BCUT2D eigenvalue weighted by Crippen LogP contribution is 2.50. The molecule has 0 aromatic carbocycles. The van der Waals surface area contributed by atoms with Gasteiger partial charge < -0.3 is 4.74 Å². The number of carbonyl (C=O) groups excluding carboxylic acids is 1. The zero-order chi connectivity index (χ0) is 10.3. The van der Waals surface area contributed by atoms with Gasteiger partial charge >= 0.3 is 12.1 Å². The van der Waals surface area contributed by atoms with Crippen LogP contribution in [0.25, 0.3) is 0 Å². The molecule has 5 heteroatoms. The van der Waals surface area contributed by atoms with Crippen molar-refractivity contribution in [1.82, 2.24) is 0 Å². The van der Waals surface area contributed by atoms with Crippen LogP contribution in [0, 0.1) is 5.92 Å². The molecule has 0 aromatic rings. The van der Waals surface area contributed by atoms with E-state index < -0.39 is 23.7 Å². The molecule has 13 heavy (non-hydrogen) atoms. The molecule has 2 nitrogen and oxygen atoms in total. The molecule has 0 radical (unpaired) electrons. The minimum atomic E-state index is -4.47. The molecule has 1 rings (SSSR count). The molecule has 1 saturated carbocycles. The fourth-order valence-electron chi connectivity index (χ4n) is 1.31. The number of hydrogen-bond donors (Lipinski definition) is 0. The van der Waals surface area contributed by atoms with Gasteiger partial charge in [0.2, 0.25) is 5.60 Å². The molecule has 76 valence electrons. The Morgan fingerprint density at radius 3 is 2.08 bits per heavy atom. The number of rotatable bonds is 2. The molecule has 0 bridgehead atoms. The first kappa shape index (κ1) is 10.3. The van der Waals surface area contributed by atoms with E-state index >= 15 is 0 Å². The zero-order valence-electron chi connectivity index (χ0n) is 7.44. The fourth-order valence-corrected chi connectivity index (χ4v) is 1.31. The second-order valence-corrected chi connectivity index (χ2v) is 3.47. The first-order valence-corrected chi connectivity index (χ1v) is 4.03. The van der Waals surface area contributed by atoms with E-state index in [0.717, 1.165) is 13.8 Å². The van der Waals surface area contributed by atoms with Gasteiger partial charge in [0.15, 0.2) is 0 Å². The number of ether oxygens (including phenoxy) is 1. The summed E-state index contributed by atoms with van der Waals surface area (Å²) in [4.78, 5) is 10.5. The maximum Gasteiger partial charge on any atom is 0.428 e. The SMILES string of the molecule is CC(=O)OC(C)(C1CC1)C(F)(F)F. The third kappa shape index (κ3) is 1.95. The van der Waals surface area contributed by atoms with Crippen LogP contribution in [0.3, 0.4) is 0 Å². The van der Waals surface area contributed by atoms with Gasteiger partial charge in [-0.05, 0) is 19.8 Å². The molecular weight excluding hydrogens is 185 g/mol. The first-order chi connectivity index (χ1) is 5.77. The third-order valence-electron chi connectivity index (χ3n) is 2.28. The van der Waals surface area contributed by atoms with E-state index in [4.69, 9.17) is 0 Å². The lowest BCUT2D eigenvalue weighted by Gasteiger charge is -2.31. The van der Waals surface area contributed by atoms with E-state index in [0.29, 0.717) is 12.8 Å². The van der Waals surface area contributed by atoms with Gasteiger partial charge in [-0.1, -0.05) is 0 Å². The summed E-state index contributed by atoms with van der Waals surface area (Å²) in [6, 6.07) is 0. The van der Waals surface area contributed by atoms with Gasteiger partial charge in [-0.2, -0.15) is 13.2 Å². The van der Waals surface area contributed by atoms with Gasteiger partial charge in [-0.25, -0.2) is 0 Å². The second-order valence-electron chi connectivity index (χ2n) is 3.47. The Bertz CT molecular complexity index is 220. The molecule has 1 unspecified atom stereocenters. The molecular formula is C8H11F3O2. The van der Waals surface area contributed by atoms with Crippen molar-refractivity contribution in [2.45, 2.75) is 38.5 Å². The van der Waals surface area contributed by atoms with Crippen molar-refractivity contribution in [3.05, 3.63) is 0 Å². The molecule has 1 atom stereocenters. The van der Waals surface area contributed by atoms with Crippen molar-refractivity contribution >= 4 is 5.97 Å². The molecule has 0 amide bonds. The van der Waals surface area contributed by atoms with Crippen LogP contribution >= 0.6 is 0 Å². The van der Waals surface area contributed by atoms with Crippen LogP contribution in [0.4, 0.5) is 13.2 Å². The average molecular weight is 196 g/mol. The Morgan fingerprint density at radius 2 is 1.85 bits per heavy atom. The normalized spacial score (nSPS) is 22.2. The van der Waals surface area contributed by atoms with Crippen molar-refractivity contribution in [3.8, 4) is 0 Å². The number of alkyl halides is 3. The summed E-state index contributed by atoms with van der Waals surface area (Å²) in [6.45, 7) is 1.93. The number of esters is 1. The van der Waals surface area contributed by atoms with Crippen molar-refractivity contribution in [2.24, 2.45) is 5.92 Å². The Labute approximate surface area is 74.1 Å². The summed E-state index contributed by atoms with van der Waals surface area (Å²) in [5, 5.41) is 0. The Balaban J connectivity index is 2.80. The highest BCUT2D eigenvalue weighted by molar-refractivity contribution is 5.66. The fraction of sp³-hybridized carbons (Fsp3) is 0.875. The van der Waals surface area contributed by atoms with Gasteiger partial charge in [0.25, 0.3) is 0 Å². The molecule has 0 aromatic heterocycles. The molecule has 0 saturated heterocycles. The number of halogens is 3. The highest BCUT2D eigenvalue weighted by atomic mass is 19.4. The van der Waals surface area contributed by atoms with Crippen LogP contribution in [0.15, 0.2) is 0 Å². The predicted octanol–water partition coefficient (Wildman–Crippen LogP) is 2.28. The highest BCUT2D eigenvalue weighted by Gasteiger charge is 2.62. The van der Waals surface area contributed by atoms with E-state index in [-0.39, 0.29) is 0 Å². The van der Waals surface area contributed by atoms with E-state index in [1.54, 1.807) is 0 Å². The number of carbonyl (C=O) groups is 1. The van der Waals surface area contributed by atoms with Crippen LogP contribution in [0.2, 0.25) is 0 Å². The second kappa shape index (κ2) is 2.89. The zero-order valence-corrected chi connectivity index (χ0v) is 7.44. The van der Waals surface area contributed by atoms with Crippen molar-refractivity contribution in [2.75, 3.05) is 0 Å². The lowest BCUT2D eigenvalue weighted by molar-refractivity contribution is -0.270. The quantitative estimate of drug-likeness (QED) is 0.633. The van der Waals surface area contributed by atoms with E-state index in [1.165, 1.54) is 0 Å². The van der Waals surface area contributed by atoms with E-state index in [2.05, 4.69) is 4.74 Å². The summed E-state index contributed by atoms with van der Waals surface area (Å²) in [5.41, 5.74) is -2.28. The largest absolute Gasteiger partial charge is 0.450 e. The Morgan fingerprint density at radius 1 is 1.38 bits per heavy atom. The number of hydrogen-bond acceptors (Lipinski definition) is 2. The smallest absolute Gasteiger partial charge is 0.428 e. The molecule has 1 aliphatic rings. The lowest BCUT2D eigenvalue weighted by Crippen LogP contribution is -2.48. The summed E-state index contributed by atoms with van der Waals surface area (Å²) in [5.74, 6) is -1.44. The summed E-state index contributed by atoms with van der Waals surface area (Å²) in [6.07, 6.45) is -3.52. The molecule has 1 fully saturated rings.